The first-order chi connectivity index (χ1) is 7.76. The van der Waals surface area contributed by atoms with Crippen molar-refractivity contribution in [2.24, 2.45) is 0 Å². The maximum atomic E-state index is 5.00. The van der Waals surface area contributed by atoms with Crippen molar-refractivity contribution in [3.05, 3.63) is 24.9 Å². The Balaban J connectivity index is 2.35. The predicted molar refractivity (Wildman–Crippen MR) is 66.6 cm³/mol. The van der Waals surface area contributed by atoms with Gasteiger partial charge in [0.05, 0.1) is 13.2 Å². The van der Waals surface area contributed by atoms with Crippen molar-refractivity contribution in [3.63, 3.8) is 0 Å². The highest BCUT2D eigenvalue weighted by atomic mass is 16.5. The third kappa shape index (κ3) is 4.49. The number of rotatable bonds is 8. The van der Waals surface area contributed by atoms with Crippen LogP contribution in [0.15, 0.2) is 24.9 Å². The van der Waals surface area contributed by atoms with Crippen molar-refractivity contribution in [3.8, 4) is 0 Å². The predicted octanol–water partition coefficient (Wildman–Crippen LogP) is 2.30. The summed E-state index contributed by atoms with van der Waals surface area (Å²) in [6, 6.07) is 2.41. The molecule has 1 N–H and O–H groups in total. The summed E-state index contributed by atoms with van der Waals surface area (Å²) in [5.74, 6) is 0.924. The highest BCUT2D eigenvalue weighted by Gasteiger charge is 2.03. The number of allylic oxidation sites excluding steroid dienone is 1. The van der Waals surface area contributed by atoms with Crippen molar-refractivity contribution in [2.75, 3.05) is 19.0 Å². The van der Waals surface area contributed by atoms with Gasteiger partial charge in [-0.15, -0.1) is 6.58 Å². The van der Waals surface area contributed by atoms with Gasteiger partial charge in [-0.3, -0.25) is 4.68 Å². The van der Waals surface area contributed by atoms with E-state index in [4.69, 9.17) is 4.74 Å². The van der Waals surface area contributed by atoms with Gasteiger partial charge in [0.15, 0.2) is 0 Å². The maximum Gasteiger partial charge on any atom is 0.148 e. The Hall–Kier alpha value is -1.29. The molecule has 4 nitrogen and oxygen atoms in total. The minimum atomic E-state index is 0.420. The van der Waals surface area contributed by atoms with E-state index in [-0.39, 0.29) is 0 Å². The van der Waals surface area contributed by atoms with Crippen LogP contribution < -0.4 is 5.32 Å². The zero-order valence-electron chi connectivity index (χ0n) is 10.1. The molecule has 0 saturated carbocycles. The number of hydrogen-bond acceptors (Lipinski definition) is 3. The molecule has 0 radical (unpaired) electrons. The van der Waals surface area contributed by atoms with Crippen molar-refractivity contribution in [2.45, 2.75) is 32.4 Å². The Morgan fingerprint density at radius 2 is 2.50 bits per heavy atom. The number of ether oxygens (including phenoxy) is 1. The van der Waals surface area contributed by atoms with Gasteiger partial charge in [0.1, 0.15) is 5.82 Å². The summed E-state index contributed by atoms with van der Waals surface area (Å²) in [6.07, 6.45) is 6.00. The van der Waals surface area contributed by atoms with E-state index in [1.54, 1.807) is 7.11 Å². The van der Waals surface area contributed by atoms with Gasteiger partial charge >= 0.3 is 0 Å². The number of hydrogen-bond donors (Lipinski definition) is 1. The van der Waals surface area contributed by atoms with Crippen LogP contribution >= 0.6 is 0 Å². The highest BCUT2D eigenvalue weighted by molar-refractivity contribution is 5.33. The maximum absolute atomic E-state index is 5.00. The zero-order valence-corrected chi connectivity index (χ0v) is 10.1. The number of nitrogens with one attached hydrogen (secondary N) is 1. The van der Waals surface area contributed by atoms with E-state index in [2.05, 4.69) is 23.9 Å². The highest BCUT2D eigenvalue weighted by Crippen LogP contribution is 2.07. The molecule has 16 heavy (non-hydrogen) atoms. The van der Waals surface area contributed by atoms with Crippen LogP contribution in [-0.2, 0) is 11.3 Å². The Kier molecular flexibility index (Phi) is 5.64. The third-order valence-electron chi connectivity index (χ3n) is 2.36. The molecule has 1 unspecified atom stereocenters. The summed E-state index contributed by atoms with van der Waals surface area (Å²) in [4.78, 5) is 0. The molecular weight excluding hydrogens is 202 g/mol. The number of aromatic nitrogens is 2. The van der Waals surface area contributed by atoms with Gasteiger partial charge in [-0.2, -0.15) is 5.10 Å². The molecule has 0 aliphatic heterocycles. The van der Waals surface area contributed by atoms with Gasteiger partial charge in [-0.05, 0) is 19.8 Å². The first-order valence-electron chi connectivity index (χ1n) is 5.66. The Labute approximate surface area is 97.3 Å². The Bertz CT molecular complexity index is 309. The number of methoxy groups -OCH3 is 1. The van der Waals surface area contributed by atoms with Crippen LogP contribution in [0.5, 0.6) is 0 Å². The Morgan fingerprint density at radius 1 is 1.69 bits per heavy atom. The lowest BCUT2D eigenvalue weighted by Gasteiger charge is -2.11. The number of nitrogens with zero attached hydrogens (tertiary/aromatic N) is 2. The first-order valence-corrected chi connectivity index (χ1v) is 5.66. The van der Waals surface area contributed by atoms with Crippen LogP contribution in [-0.4, -0.2) is 29.5 Å². The van der Waals surface area contributed by atoms with E-state index in [1.807, 2.05) is 23.0 Å². The van der Waals surface area contributed by atoms with Crippen molar-refractivity contribution >= 4 is 5.82 Å². The second-order valence-electron chi connectivity index (χ2n) is 3.87. The van der Waals surface area contributed by atoms with Gasteiger partial charge in [0.2, 0.25) is 0 Å². The molecule has 1 aromatic rings. The molecule has 0 aliphatic rings. The molecule has 4 heteroatoms. The summed E-state index contributed by atoms with van der Waals surface area (Å²) in [5.41, 5.74) is 0. The summed E-state index contributed by atoms with van der Waals surface area (Å²) < 4.78 is 6.88. The Morgan fingerprint density at radius 3 is 3.19 bits per heavy atom. The lowest BCUT2D eigenvalue weighted by Crippen LogP contribution is -2.15. The molecule has 90 valence electrons. The molecule has 0 aromatic carbocycles. The van der Waals surface area contributed by atoms with Gasteiger partial charge < -0.3 is 10.1 Å². The average Bonchev–Trinajstić information content (AvgIpc) is 2.71. The van der Waals surface area contributed by atoms with E-state index in [0.29, 0.717) is 12.6 Å². The molecule has 0 aliphatic carbocycles. The molecule has 0 fully saturated rings. The van der Waals surface area contributed by atoms with E-state index < -0.39 is 0 Å². The molecule has 0 saturated heterocycles. The summed E-state index contributed by atoms with van der Waals surface area (Å²) in [5, 5.41) is 7.75. The standard InChI is InChI=1S/C12H21N3O/c1-4-5-6-11(2)13-12-7-8-15(14-12)9-10-16-3/h4,7-8,11H,1,5-6,9-10H2,2-3H3,(H,13,14). The van der Waals surface area contributed by atoms with Crippen LogP contribution in [0.1, 0.15) is 19.8 Å². The van der Waals surface area contributed by atoms with Gasteiger partial charge in [-0.25, -0.2) is 0 Å². The smallest absolute Gasteiger partial charge is 0.148 e. The molecule has 1 heterocycles. The molecule has 1 aromatic heterocycles. The lowest BCUT2D eigenvalue weighted by molar-refractivity contribution is 0.183. The molecule has 0 amide bonds. The summed E-state index contributed by atoms with van der Waals surface area (Å²) in [6.45, 7) is 7.35. The van der Waals surface area contributed by atoms with Gasteiger partial charge in [0.25, 0.3) is 0 Å². The molecular formula is C12H21N3O. The topological polar surface area (TPSA) is 39.1 Å². The van der Waals surface area contributed by atoms with E-state index >= 15 is 0 Å². The van der Waals surface area contributed by atoms with E-state index in [1.165, 1.54) is 0 Å². The van der Waals surface area contributed by atoms with Gasteiger partial charge in [-0.1, -0.05) is 6.08 Å². The molecule has 0 bridgehead atoms. The largest absolute Gasteiger partial charge is 0.383 e. The van der Waals surface area contributed by atoms with E-state index in [0.717, 1.165) is 25.2 Å². The lowest BCUT2D eigenvalue weighted by atomic mass is 10.2. The zero-order chi connectivity index (χ0) is 11.8. The quantitative estimate of drug-likeness (QED) is 0.687. The van der Waals surface area contributed by atoms with Crippen LogP contribution in [0.25, 0.3) is 0 Å². The summed E-state index contributed by atoms with van der Waals surface area (Å²) >= 11 is 0. The SMILES string of the molecule is C=CCCC(C)Nc1ccn(CCOC)n1. The third-order valence-corrected chi connectivity index (χ3v) is 2.36. The van der Waals surface area contributed by atoms with Crippen LogP contribution in [0, 0.1) is 0 Å². The van der Waals surface area contributed by atoms with Crippen LogP contribution in [0.4, 0.5) is 5.82 Å². The second kappa shape index (κ2) is 7.06. The first kappa shape index (κ1) is 12.8. The van der Waals surface area contributed by atoms with Gasteiger partial charge in [0, 0.05) is 25.4 Å². The van der Waals surface area contributed by atoms with Crippen molar-refractivity contribution < 1.29 is 4.74 Å². The molecule has 1 atom stereocenters. The second-order valence-corrected chi connectivity index (χ2v) is 3.87. The minimum absolute atomic E-state index is 0.420. The van der Waals surface area contributed by atoms with E-state index in [9.17, 15) is 0 Å². The summed E-state index contributed by atoms with van der Waals surface area (Å²) in [7, 11) is 1.69. The molecule has 1 rings (SSSR count). The fraction of sp³-hybridized carbons (Fsp3) is 0.583. The molecule has 0 spiro atoms. The number of anilines is 1. The van der Waals surface area contributed by atoms with Crippen LogP contribution in [0.3, 0.4) is 0 Å². The van der Waals surface area contributed by atoms with Crippen LogP contribution in [0.2, 0.25) is 0 Å². The van der Waals surface area contributed by atoms with Crippen molar-refractivity contribution in [1.82, 2.24) is 9.78 Å². The fourth-order valence-corrected chi connectivity index (χ4v) is 1.44. The normalized spacial score (nSPS) is 12.4. The van der Waals surface area contributed by atoms with Crippen molar-refractivity contribution in [1.29, 1.82) is 0 Å². The minimum Gasteiger partial charge on any atom is -0.383 e. The fourth-order valence-electron chi connectivity index (χ4n) is 1.44. The monoisotopic (exact) mass is 223 g/mol. The average molecular weight is 223 g/mol.